The van der Waals surface area contributed by atoms with E-state index < -0.39 is 22.8 Å². The van der Waals surface area contributed by atoms with E-state index in [-0.39, 0.29) is 11.0 Å². The van der Waals surface area contributed by atoms with Crippen LogP contribution in [-0.4, -0.2) is 33.3 Å². The highest BCUT2D eigenvalue weighted by molar-refractivity contribution is 7.86. The van der Waals surface area contributed by atoms with Gasteiger partial charge in [-0.05, 0) is 39.0 Å². The smallest absolute Gasteiger partial charge is 0.297 e. The van der Waals surface area contributed by atoms with Gasteiger partial charge < -0.3 is 14.6 Å². The summed E-state index contributed by atoms with van der Waals surface area (Å²) < 4.78 is 40.6. The molecule has 0 saturated carbocycles. The lowest BCUT2D eigenvalue weighted by atomic mass is 10.1. The average Bonchev–Trinajstić information content (AvgIpc) is 2.60. The Bertz CT molecular complexity index is 828. The molecular formula is C19H24O6S. The van der Waals surface area contributed by atoms with Crippen LogP contribution >= 0.6 is 0 Å². The third-order valence-electron chi connectivity index (χ3n) is 3.63. The zero-order valence-corrected chi connectivity index (χ0v) is 16.1. The van der Waals surface area contributed by atoms with Crippen molar-refractivity contribution in [2.45, 2.75) is 37.9 Å². The summed E-state index contributed by atoms with van der Waals surface area (Å²) >= 11 is 0. The van der Waals surface area contributed by atoms with E-state index in [9.17, 15) is 13.5 Å². The van der Waals surface area contributed by atoms with Crippen molar-refractivity contribution in [3.63, 3.8) is 0 Å². The number of hydrogen-bond donors (Lipinski definition) is 1. The van der Waals surface area contributed by atoms with Crippen LogP contribution in [0.4, 0.5) is 0 Å². The highest BCUT2D eigenvalue weighted by Crippen LogP contribution is 2.36. The van der Waals surface area contributed by atoms with E-state index in [1.165, 1.54) is 19.2 Å². The maximum Gasteiger partial charge on any atom is 0.297 e. The Hall–Kier alpha value is -2.09. The summed E-state index contributed by atoms with van der Waals surface area (Å²) in [6.07, 6.45) is -1.34. The topological polar surface area (TPSA) is 82.1 Å². The molecule has 26 heavy (non-hydrogen) atoms. The van der Waals surface area contributed by atoms with Crippen molar-refractivity contribution in [3.8, 4) is 11.5 Å². The second kappa shape index (κ2) is 8.53. The third kappa shape index (κ3) is 4.97. The zero-order valence-electron chi connectivity index (χ0n) is 15.3. The normalized spacial score (nSPS) is 12.8. The predicted molar refractivity (Wildman–Crippen MR) is 98.0 cm³/mol. The van der Waals surface area contributed by atoms with Gasteiger partial charge >= 0.3 is 0 Å². The monoisotopic (exact) mass is 380 g/mol. The molecule has 0 spiro atoms. The zero-order chi connectivity index (χ0) is 19.3. The lowest BCUT2D eigenvalue weighted by Gasteiger charge is -2.20. The first-order valence-corrected chi connectivity index (χ1v) is 9.63. The second-order valence-electron chi connectivity index (χ2n) is 6.11. The first-order chi connectivity index (χ1) is 12.2. The van der Waals surface area contributed by atoms with Gasteiger partial charge in [0.2, 0.25) is 0 Å². The van der Waals surface area contributed by atoms with E-state index in [4.69, 9.17) is 13.7 Å². The number of rotatable bonds is 8. The Morgan fingerprint density at radius 2 is 1.73 bits per heavy atom. The molecule has 1 atom stereocenters. The molecule has 6 nitrogen and oxygen atoms in total. The van der Waals surface area contributed by atoms with Gasteiger partial charge in [-0.3, -0.25) is 4.18 Å². The van der Waals surface area contributed by atoms with Gasteiger partial charge in [-0.25, -0.2) is 0 Å². The number of methoxy groups -OCH3 is 1. The van der Waals surface area contributed by atoms with Crippen LogP contribution in [0.3, 0.4) is 0 Å². The molecule has 0 radical (unpaired) electrons. The molecule has 0 fully saturated rings. The number of aliphatic hydroxyl groups is 1. The van der Waals surface area contributed by atoms with Gasteiger partial charge in [0.05, 0.1) is 24.7 Å². The van der Waals surface area contributed by atoms with Gasteiger partial charge in [0.25, 0.3) is 10.1 Å². The van der Waals surface area contributed by atoms with Crippen LogP contribution in [-0.2, 0) is 14.3 Å². The largest absolute Gasteiger partial charge is 0.493 e. The average molecular weight is 380 g/mol. The minimum atomic E-state index is -3.96. The molecule has 0 aromatic heterocycles. The van der Waals surface area contributed by atoms with Crippen molar-refractivity contribution in [1.29, 1.82) is 0 Å². The fraction of sp³-hybridized carbons (Fsp3) is 0.368. The molecule has 7 heteroatoms. The number of hydrogen-bond acceptors (Lipinski definition) is 6. The van der Waals surface area contributed by atoms with Crippen molar-refractivity contribution in [2.75, 3.05) is 13.7 Å². The van der Waals surface area contributed by atoms with E-state index in [0.29, 0.717) is 17.1 Å². The van der Waals surface area contributed by atoms with Crippen LogP contribution < -0.4 is 9.47 Å². The molecule has 0 aliphatic carbocycles. The van der Waals surface area contributed by atoms with Crippen LogP contribution in [0, 0.1) is 6.92 Å². The molecule has 0 saturated heterocycles. The van der Waals surface area contributed by atoms with Crippen LogP contribution in [0.2, 0.25) is 0 Å². The molecule has 2 aromatic rings. The molecule has 2 rings (SSSR count). The lowest BCUT2D eigenvalue weighted by molar-refractivity contribution is 0.105. The molecule has 0 amide bonds. The highest BCUT2D eigenvalue weighted by atomic mass is 32.2. The van der Waals surface area contributed by atoms with Crippen molar-refractivity contribution >= 4 is 10.1 Å². The maximum atomic E-state index is 12.3. The first kappa shape index (κ1) is 20.2. The van der Waals surface area contributed by atoms with E-state index >= 15 is 0 Å². The summed E-state index contributed by atoms with van der Waals surface area (Å²) in [5.74, 6) is 0.825. The Kier molecular flexibility index (Phi) is 6.63. The molecule has 0 unspecified atom stereocenters. The second-order valence-corrected chi connectivity index (χ2v) is 7.73. The Labute approximate surface area is 154 Å². The quantitative estimate of drug-likeness (QED) is 0.708. The molecule has 0 heterocycles. The van der Waals surface area contributed by atoms with Gasteiger partial charge in [-0.15, -0.1) is 0 Å². The van der Waals surface area contributed by atoms with Crippen molar-refractivity contribution in [3.05, 3.63) is 53.6 Å². The van der Waals surface area contributed by atoms with Crippen LogP contribution in [0.5, 0.6) is 11.5 Å². The summed E-state index contributed by atoms with van der Waals surface area (Å²) in [7, 11) is -2.47. The number of aliphatic hydroxyl groups excluding tert-OH is 1. The van der Waals surface area contributed by atoms with Gasteiger partial charge in [0.15, 0.2) is 11.5 Å². The summed E-state index contributed by atoms with van der Waals surface area (Å²) in [6, 6.07) is 11.3. The van der Waals surface area contributed by atoms with Gasteiger partial charge in [0, 0.05) is 5.56 Å². The fourth-order valence-electron chi connectivity index (χ4n) is 2.33. The molecule has 0 bridgehead atoms. The van der Waals surface area contributed by atoms with Gasteiger partial charge in [-0.1, -0.05) is 29.8 Å². The maximum absolute atomic E-state index is 12.3. The summed E-state index contributed by atoms with van der Waals surface area (Å²) in [6.45, 7) is 5.12. The SMILES string of the molecule is COc1cccc([C@@H](O)COS(=O)(=O)c2ccc(C)cc2)c1OC(C)C. The number of benzene rings is 2. The Balaban J connectivity index is 2.19. The number of para-hydroxylation sites is 1. The molecule has 142 valence electrons. The molecular weight excluding hydrogens is 356 g/mol. The highest BCUT2D eigenvalue weighted by Gasteiger charge is 2.22. The fourth-order valence-corrected chi connectivity index (χ4v) is 3.25. The summed E-state index contributed by atoms with van der Waals surface area (Å²) in [5, 5.41) is 10.5. The molecule has 2 aromatic carbocycles. The van der Waals surface area contributed by atoms with Crippen molar-refractivity contribution < 1.29 is 27.2 Å². The molecule has 0 aliphatic rings. The minimum absolute atomic E-state index is 0.0413. The van der Waals surface area contributed by atoms with Gasteiger partial charge in [-0.2, -0.15) is 8.42 Å². The lowest BCUT2D eigenvalue weighted by Crippen LogP contribution is -2.16. The van der Waals surface area contributed by atoms with Crippen LogP contribution in [0.1, 0.15) is 31.1 Å². The summed E-state index contributed by atoms with van der Waals surface area (Å²) in [5.41, 5.74) is 1.34. The van der Waals surface area contributed by atoms with Gasteiger partial charge in [0.1, 0.15) is 6.10 Å². The molecule has 1 N–H and O–H groups in total. The summed E-state index contributed by atoms with van der Waals surface area (Å²) in [4.78, 5) is 0.0413. The third-order valence-corrected chi connectivity index (χ3v) is 4.93. The molecule has 0 aliphatic heterocycles. The van der Waals surface area contributed by atoms with E-state index in [1.54, 1.807) is 30.3 Å². The van der Waals surface area contributed by atoms with E-state index in [0.717, 1.165) is 5.56 Å². The number of aryl methyl sites for hydroxylation is 1. The van der Waals surface area contributed by atoms with Crippen LogP contribution in [0.15, 0.2) is 47.4 Å². The Morgan fingerprint density at radius 3 is 2.31 bits per heavy atom. The predicted octanol–water partition coefficient (Wildman–Crippen LogP) is 3.23. The number of ether oxygens (including phenoxy) is 2. The van der Waals surface area contributed by atoms with E-state index in [1.807, 2.05) is 20.8 Å². The van der Waals surface area contributed by atoms with E-state index in [2.05, 4.69) is 0 Å². The standard InChI is InChI=1S/C19H24O6S/c1-13(2)25-19-16(6-5-7-18(19)23-4)17(20)12-24-26(21,22)15-10-8-14(3)9-11-15/h5-11,13,17,20H,12H2,1-4H3/t17-/m0/s1. The van der Waals surface area contributed by atoms with Crippen molar-refractivity contribution in [2.24, 2.45) is 0 Å². The Morgan fingerprint density at radius 1 is 1.08 bits per heavy atom. The van der Waals surface area contributed by atoms with Crippen LogP contribution in [0.25, 0.3) is 0 Å². The van der Waals surface area contributed by atoms with Crippen molar-refractivity contribution in [1.82, 2.24) is 0 Å². The first-order valence-electron chi connectivity index (χ1n) is 8.22. The minimum Gasteiger partial charge on any atom is -0.493 e.